The highest BCUT2D eigenvalue weighted by atomic mass is 35.5. The molecule has 152 valence electrons. The van der Waals surface area contributed by atoms with Crippen LogP contribution >= 0.6 is 11.6 Å². The third-order valence-electron chi connectivity index (χ3n) is 5.63. The molecule has 0 radical (unpaired) electrons. The molecule has 2 saturated heterocycles. The lowest BCUT2D eigenvalue weighted by atomic mass is 10.1. The third kappa shape index (κ3) is 4.03. The Balaban J connectivity index is 1.37. The summed E-state index contributed by atoms with van der Waals surface area (Å²) in [5.74, 6) is 0.511. The maximum atomic E-state index is 13.0. The second-order valence-electron chi connectivity index (χ2n) is 7.37. The molecule has 2 amide bonds. The lowest BCUT2D eigenvalue weighted by molar-refractivity contribution is -0.136. The lowest BCUT2D eigenvalue weighted by Gasteiger charge is -2.37. The van der Waals surface area contributed by atoms with Gasteiger partial charge in [0.2, 0.25) is 11.8 Å². The van der Waals surface area contributed by atoms with Gasteiger partial charge in [-0.05, 0) is 24.3 Å². The van der Waals surface area contributed by atoms with Crippen molar-refractivity contribution in [1.29, 1.82) is 0 Å². The first-order valence-corrected chi connectivity index (χ1v) is 10.2. The number of hydrogen-bond acceptors (Lipinski definition) is 4. The number of hydrogen-bond donors (Lipinski definition) is 0. The summed E-state index contributed by atoms with van der Waals surface area (Å²) in [7, 11) is 1.66. The molecule has 1 atom stereocenters. The van der Waals surface area contributed by atoms with Crippen molar-refractivity contribution in [3.8, 4) is 5.75 Å². The highest BCUT2D eigenvalue weighted by Crippen LogP contribution is 2.32. The number of piperazine rings is 1. The van der Waals surface area contributed by atoms with E-state index < -0.39 is 0 Å². The summed E-state index contributed by atoms with van der Waals surface area (Å²) in [5, 5.41) is 0.529. The Morgan fingerprint density at radius 1 is 1.07 bits per heavy atom. The van der Waals surface area contributed by atoms with E-state index in [1.54, 1.807) is 18.1 Å². The predicted octanol–water partition coefficient (Wildman–Crippen LogP) is 3.05. The summed E-state index contributed by atoms with van der Waals surface area (Å²) >= 11 is 6.24. The molecule has 2 aromatic rings. The van der Waals surface area contributed by atoms with Crippen LogP contribution in [0, 0.1) is 5.92 Å². The van der Waals surface area contributed by atoms with E-state index in [1.807, 2.05) is 41.3 Å². The highest BCUT2D eigenvalue weighted by Gasteiger charge is 2.38. The van der Waals surface area contributed by atoms with Crippen molar-refractivity contribution in [1.82, 2.24) is 4.90 Å². The van der Waals surface area contributed by atoms with Crippen molar-refractivity contribution in [2.75, 3.05) is 49.6 Å². The molecule has 0 aromatic heterocycles. The summed E-state index contributed by atoms with van der Waals surface area (Å²) in [6.07, 6.45) is 0.236. The van der Waals surface area contributed by atoms with Gasteiger partial charge in [-0.2, -0.15) is 0 Å². The molecule has 0 unspecified atom stereocenters. The summed E-state index contributed by atoms with van der Waals surface area (Å²) in [4.78, 5) is 31.3. The monoisotopic (exact) mass is 413 g/mol. The minimum absolute atomic E-state index is 0.0496. The highest BCUT2D eigenvalue weighted by molar-refractivity contribution is 6.33. The molecule has 2 aromatic carbocycles. The van der Waals surface area contributed by atoms with E-state index in [0.29, 0.717) is 30.3 Å². The first-order chi connectivity index (χ1) is 14.1. The van der Waals surface area contributed by atoms with E-state index in [1.165, 1.54) is 0 Å². The number of carbonyl (C=O) groups is 2. The van der Waals surface area contributed by atoms with Gasteiger partial charge in [-0.15, -0.1) is 0 Å². The van der Waals surface area contributed by atoms with Crippen LogP contribution in [0.15, 0.2) is 48.5 Å². The quantitative estimate of drug-likeness (QED) is 0.773. The molecule has 7 heteroatoms. The molecule has 0 spiro atoms. The van der Waals surface area contributed by atoms with Crippen molar-refractivity contribution >= 4 is 34.8 Å². The molecule has 2 aliphatic heterocycles. The van der Waals surface area contributed by atoms with Crippen LogP contribution in [0.25, 0.3) is 0 Å². The second-order valence-corrected chi connectivity index (χ2v) is 7.78. The first-order valence-electron chi connectivity index (χ1n) is 9.79. The minimum Gasteiger partial charge on any atom is -0.497 e. The Morgan fingerprint density at radius 2 is 1.83 bits per heavy atom. The number of carbonyl (C=O) groups excluding carboxylic acids is 2. The van der Waals surface area contributed by atoms with Crippen molar-refractivity contribution in [3.05, 3.63) is 53.6 Å². The van der Waals surface area contributed by atoms with Gasteiger partial charge < -0.3 is 19.4 Å². The van der Waals surface area contributed by atoms with Crippen molar-refractivity contribution < 1.29 is 14.3 Å². The average molecular weight is 414 g/mol. The Morgan fingerprint density at radius 3 is 2.55 bits per heavy atom. The number of rotatable bonds is 4. The second kappa shape index (κ2) is 8.33. The van der Waals surface area contributed by atoms with Gasteiger partial charge in [-0.3, -0.25) is 9.59 Å². The molecule has 29 heavy (non-hydrogen) atoms. The standard InChI is InChI=1S/C22H24ClN3O3/c1-29-18-6-4-5-17(14-18)24-9-11-25(12-10-24)22(28)16-13-21(27)26(15-16)20-8-3-2-7-19(20)23/h2-8,14,16H,9-13,15H2,1H3/t16-/m0/s1. The van der Waals surface area contributed by atoms with Gasteiger partial charge in [0, 0.05) is 50.9 Å². The molecule has 2 aliphatic rings. The molecule has 2 fully saturated rings. The average Bonchev–Trinajstić information content (AvgIpc) is 3.15. The van der Waals surface area contributed by atoms with Gasteiger partial charge in [0.1, 0.15) is 5.75 Å². The summed E-state index contributed by atoms with van der Waals surface area (Å²) < 4.78 is 5.30. The molecule has 2 heterocycles. The van der Waals surface area contributed by atoms with Gasteiger partial charge in [-0.25, -0.2) is 0 Å². The van der Waals surface area contributed by atoms with E-state index in [2.05, 4.69) is 11.0 Å². The van der Waals surface area contributed by atoms with Crippen LogP contribution < -0.4 is 14.5 Å². The fraction of sp³-hybridized carbons (Fsp3) is 0.364. The third-order valence-corrected chi connectivity index (χ3v) is 5.95. The fourth-order valence-electron chi connectivity index (χ4n) is 4.03. The zero-order valence-electron chi connectivity index (χ0n) is 16.4. The number of amides is 2. The van der Waals surface area contributed by atoms with Crippen LogP contribution in [0.5, 0.6) is 5.75 Å². The zero-order valence-corrected chi connectivity index (χ0v) is 17.1. The number of ether oxygens (including phenoxy) is 1. The SMILES string of the molecule is COc1cccc(N2CCN(C(=O)[C@H]3CC(=O)N(c4ccccc4Cl)C3)CC2)c1. The normalized spacial score (nSPS) is 19.6. The Hall–Kier alpha value is -2.73. The van der Waals surface area contributed by atoms with Gasteiger partial charge in [0.05, 0.1) is 23.7 Å². The van der Waals surface area contributed by atoms with E-state index in [4.69, 9.17) is 16.3 Å². The van der Waals surface area contributed by atoms with Crippen LogP contribution in [-0.2, 0) is 9.59 Å². The first kappa shape index (κ1) is 19.6. The smallest absolute Gasteiger partial charge is 0.228 e. The molecule has 4 rings (SSSR count). The van der Waals surface area contributed by atoms with Gasteiger partial charge in [0.15, 0.2) is 0 Å². The minimum atomic E-state index is -0.317. The van der Waals surface area contributed by atoms with Gasteiger partial charge in [-0.1, -0.05) is 29.8 Å². The van der Waals surface area contributed by atoms with Crippen LogP contribution in [-0.4, -0.2) is 56.5 Å². The van der Waals surface area contributed by atoms with Crippen molar-refractivity contribution in [2.24, 2.45) is 5.92 Å². The van der Waals surface area contributed by atoms with E-state index in [-0.39, 0.29) is 24.2 Å². The van der Waals surface area contributed by atoms with Crippen LogP contribution in [0.2, 0.25) is 5.02 Å². The molecule has 6 nitrogen and oxygen atoms in total. The molecular weight excluding hydrogens is 390 g/mol. The summed E-state index contributed by atoms with van der Waals surface area (Å²) in [6.45, 7) is 3.19. The summed E-state index contributed by atoms with van der Waals surface area (Å²) in [5.41, 5.74) is 1.77. The molecule has 0 bridgehead atoms. The van der Waals surface area contributed by atoms with Crippen LogP contribution in [0.4, 0.5) is 11.4 Å². The number of halogens is 1. The number of benzene rings is 2. The molecular formula is C22H24ClN3O3. The topological polar surface area (TPSA) is 53.1 Å². The molecule has 0 aliphatic carbocycles. The van der Waals surface area contributed by atoms with E-state index >= 15 is 0 Å². The molecule has 0 saturated carbocycles. The Labute approximate surface area is 175 Å². The van der Waals surface area contributed by atoms with Gasteiger partial charge >= 0.3 is 0 Å². The Kier molecular flexibility index (Phi) is 5.62. The summed E-state index contributed by atoms with van der Waals surface area (Å²) in [6, 6.07) is 15.2. The van der Waals surface area contributed by atoms with Crippen molar-refractivity contribution in [2.45, 2.75) is 6.42 Å². The number of para-hydroxylation sites is 1. The number of anilines is 2. The van der Waals surface area contributed by atoms with Crippen molar-refractivity contribution in [3.63, 3.8) is 0 Å². The number of nitrogens with zero attached hydrogens (tertiary/aromatic N) is 3. The largest absolute Gasteiger partial charge is 0.497 e. The maximum Gasteiger partial charge on any atom is 0.228 e. The number of methoxy groups -OCH3 is 1. The van der Waals surface area contributed by atoms with E-state index in [9.17, 15) is 9.59 Å². The van der Waals surface area contributed by atoms with Crippen LogP contribution in [0.1, 0.15) is 6.42 Å². The predicted molar refractivity (Wildman–Crippen MR) is 114 cm³/mol. The molecule has 0 N–H and O–H groups in total. The maximum absolute atomic E-state index is 13.0. The lowest BCUT2D eigenvalue weighted by Crippen LogP contribution is -2.50. The van der Waals surface area contributed by atoms with E-state index in [0.717, 1.165) is 24.5 Å². The Bertz CT molecular complexity index is 912. The van der Waals surface area contributed by atoms with Gasteiger partial charge in [0.25, 0.3) is 0 Å². The van der Waals surface area contributed by atoms with Crippen LogP contribution in [0.3, 0.4) is 0 Å². The fourth-order valence-corrected chi connectivity index (χ4v) is 4.26. The zero-order chi connectivity index (χ0) is 20.4.